The normalized spacial score (nSPS) is 27.6. The second-order valence-electron chi connectivity index (χ2n) is 17.7. The van der Waals surface area contributed by atoms with Crippen molar-refractivity contribution in [2.24, 2.45) is 23.2 Å². The fraction of sp³-hybridized carbons (Fsp3) is 0.585. The molecule has 0 radical (unpaired) electrons. The summed E-state index contributed by atoms with van der Waals surface area (Å²) in [4.78, 5) is 88.9. The summed E-state index contributed by atoms with van der Waals surface area (Å²) in [6.07, 6.45) is 7.06. The molecular weight excluding hydrogens is 820 g/mol. The lowest BCUT2D eigenvalue weighted by Crippen LogP contribution is -2.60. The van der Waals surface area contributed by atoms with Crippen molar-refractivity contribution in [2.75, 3.05) is 26.2 Å². The van der Waals surface area contributed by atoms with Crippen LogP contribution in [-0.2, 0) is 33.9 Å². The quantitative estimate of drug-likeness (QED) is 0.197. The molecule has 5 aliphatic rings. The molecule has 2 aromatic rings. The monoisotopic (exact) mass is 870 g/mol. The van der Waals surface area contributed by atoms with E-state index >= 15 is 0 Å². The molecule has 60 heavy (non-hydrogen) atoms. The number of ether oxygens (including phenoxy) is 2. The van der Waals surface area contributed by atoms with Crippen LogP contribution in [0.25, 0.3) is 11.3 Å². The Morgan fingerprint density at radius 2 is 1.83 bits per heavy atom. The van der Waals surface area contributed by atoms with Gasteiger partial charge >= 0.3 is 12.1 Å². The molecule has 1 aromatic carbocycles. The van der Waals surface area contributed by atoms with Crippen molar-refractivity contribution in [1.82, 2.24) is 30.1 Å². The van der Waals surface area contributed by atoms with Crippen LogP contribution in [0.1, 0.15) is 88.9 Å². The number of hydrogen-bond acceptors (Lipinski definition) is 12. The minimum atomic E-state index is -3.95. The van der Waals surface area contributed by atoms with E-state index in [9.17, 15) is 41.6 Å². The summed E-state index contributed by atoms with van der Waals surface area (Å²) >= 11 is 1.06. The number of likely N-dealkylation sites (tertiary alicyclic amines) is 1. The molecule has 324 valence electrons. The number of nitrogens with one attached hydrogen (secondary N) is 3. The van der Waals surface area contributed by atoms with Gasteiger partial charge in [-0.2, -0.15) is 0 Å². The molecule has 0 spiro atoms. The fourth-order valence-electron chi connectivity index (χ4n) is 8.24. The van der Waals surface area contributed by atoms with E-state index in [1.54, 1.807) is 10.3 Å². The van der Waals surface area contributed by atoms with Crippen LogP contribution in [-0.4, -0.2) is 108 Å². The molecule has 3 aliphatic heterocycles. The molecular formula is C41H51FN6O10S2. The van der Waals surface area contributed by atoms with Crippen LogP contribution in [0.2, 0.25) is 0 Å². The lowest BCUT2D eigenvalue weighted by molar-refractivity contribution is -0.142. The van der Waals surface area contributed by atoms with Crippen molar-refractivity contribution in [2.45, 2.75) is 102 Å². The Hall–Kier alpha value is -4.91. The number of alkyl carbamates (subject to hydrolysis) is 1. The number of thiazole rings is 1. The zero-order valence-corrected chi connectivity index (χ0v) is 35.7. The first-order valence-electron chi connectivity index (χ1n) is 20.4. The summed E-state index contributed by atoms with van der Waals surface area (Å²) in [5.41, 5.74) is -1.21. The van der Waals surface area contributed by atoms with Crippen molar-refractivity contribution in [3.8, 4) is 17.0 Å². The summed E-state index contributed by atoms with van der Waals surface area (Å²) in [6, 6.07) is 1.77. The second-order valence-corrected chi connectivity index (χ2v) is 20.5. The Bertz CT molecular complexity index is 2200. The molecule has 1 aromatic heterocycles. The van der Waals surface area contributed by atoms with Crippen molar-refractivity contribution in [1.29, 1.82) is 0 Å². The van der Waals surface area contributed by atoms with Crippen LogP contribution >= 0.6 is 11.3 Å². The molecule has 4 heterocycles. The maximum Gasteiger partial charge on any atom is 0.407 e. The highest BCUT2D eigenvalue weighted by Crippen LogP contribution is 2.47. The van der Waals surface area contributed by atoms with Gasteiger partial charge in [-0.3, -0.25) is 28.7 Å². The molecule has 0 bridgehead atoms. The van der Waals surface area contributed by atoms with Crippen molar-refractivity contribution in [3.63, 3.8) is 0 Å². The van der Waals surface area contributed by atoms with Gasteiger partial charge in [0.15, 0.2) is 16.6 Å². The lowest BCUT2D eigenvalue weighted by atomic mass is 9.93. The molecule has 0 unspecified atom stereocenters. The van der Waals surface area contributed by atoms with Gasteiger partial charge in [-0.05, 0) is 62.1 Å². The molecule has 7 rings (SSSR count). The SMILES string of the molecule is CC(=O)Oc1ccc(-c2csc(C(=O)N3C[C@H]4CN5C(=O)[C@@H](NC(=O)OCC(C)(C)C)CCCCC/C=C\[C@H]6C[C@@]6(C(=O)NS(=O)(=O)C6CC6)NC(=O)[C@@H]5[C@H]4C3)n2)cc1F. The van der Waals surface area contributed by atoms with Gasteiger partial charge in [0.25, 0.3) is 11.8 Å². The number of carbonyl (C=O) groups excluding carboxylic acids is 6. The first kappa shape index (κ1) is 43.2. The minimum absolute atomic E-state index is 0.0519. The number of rotatable bonds is 8. The van der Waals surface area contributed by atoms with E-state index in [0.29, 0.717) is 36.9 Å². The van der Waals surface area contributed by atoms with Crippen LogP contribution in [0.4, 0.5) is 9.18 Å². The summed E-state index contributed by atoms with van der Waals surface area (Å²) < 4.78 is 53.1. The molecule has 5 amide bonds. The Balaban J connectivity index is 1.15. The van der Waals surface area contributed by atoms with E-state index in [4.69, 9.17) is 9.47 Å². The molecule has 2 saturated carbocycles. The maximum atomic E-state index is 14.7. The molecule has 4 fully saturated rings. The number of benzene rings is 1. The number of nitrogens with zero attached hydrogens (tertiary/aromatic N) is 3. The molecule has 19 heteroatoms. The maximum absolute atomic E-state index is 14.7. The zero-order valence-electron chi connectivity index (χ0n) is 34.0. The number of hydrogen-bond donors (Lipinski definition) is 3. The highest BCUT2D eigenvalue weighted by molar-refractivity contribution is 7.91. The van der Waals surface area contributed by atoms with Gasteiger partial charge in [0.1, 0.15) is 17.6 Å². The topological polar surface area (TPSA) is 210 Å². The number of fused-ring (bicyclic) bond motifs is 4. The number of halogens is 1. The van der Waals surface area contributed by atoms with E-state index in [0.717, 1.165) is 37.2 Å². The van der Waals surface area contributed by atoms with E-state index in [1.165, 1.54) is 17.0 Å². The summed E-state index contributed by atoms with van der Waals surface area (Å²) in [7, 11) is -3.95. The number of aromatic nitrogens is 1. The molecule has 2 aliphatic carbocycles. The third-order valence-corrected chi connectivity index (χ3v) is 14.2. The third kappa shape index (κ3) is 9.51. The van der Waals surface area contributed by atoms with E-state index in [1.807, 2.05) is 32.9 Å². The first-order chi connectivity index (χ1) is 28.3. The van der Waals surface area contributed by atoms with Gasteiger partial charge in [-0.15, -0.1) is 11.3 Å². The largest absolute Gasteiger partial charge is 0.449 e. The Labute approximate surface area is 352 Å². The van der Waals surface area contributed by atoms with Gasteiger partial charge in [-0.25, -0.2) is 22.6 Å². The number of sulfonamides is 1. The molecule has 3 N–H and O–H groups in total. The van der Waals surface area contributed by atoms with E-state index < -0.39 is 86.2 Å². The number of allylic oxidation sites excluding steroid dienone is 1. The Morgan fingerprint density at radius 1 is 1.07 bits per heavy atom. The highest BCUT2D eigenvalue weighted by Gasteiger charge is 2.63. The van der Waals surface area contributed by atoms with Gasteiger partial charge in [0, 0.05) is 55.3 Å². The molecule has 6 atom stereocenters. The molecule has 16 nitrogen and oxygen atoms in total. The minimum Gasteiger partial charge on any atom is -0.449 e. The zero-order chi connectivity index (χ0) is 43.1. The number of amides is 5. The lowest BCUT2D eigenvalue weighted by Gasteiger charge is -2.33. The van der Waals surface area contributed by atoms with Crippen molar-refractivity contribution >= 4 is 57.1 Å². The third-order valence-electron chi connectivity index (χ3n) is 11.6. The van der Waals surface area contributed by atoms with Crippen LogP contribution < -0.4 is 20.1 Å². The Kier molecular flexibility index (Phi) is 12.1. The highest BCUT2D eigenvalue weighted by atomic mass is 32.2. The van der Waals surface area contributed by atoms with Crippen molar-refractivity contribution in [3.05, 3.63) is 46.6 Å². The standard InChI is InChI=1S/C41H51FN6O10S2/c1-23(49)58-32-15-12-24(16-29(32)42)31-21-59-35(43-31)37(52)47-18-25-19-48-33(28(25)20-47)34(50)45-41(38(53)46-60(55,56)27-13-14-27)17-26(41)10-8-6-5-7-9-11-30(36(48)51)44-39(54)57-22-40(2,3)4/h8,10,12,15-16,21,25-28,30,33H,5-7,9,11,13-14,17-20,22H2,1-4H3,(H,44,54)(H,45,50)(H,46,53)/b10-8-/t25-,26-,28-,30-,33-,41+/m0/s1. The average molecular weight is 871 g/mol. The van der Waals surface area contributed by atoms with Gasteiger partial charge < -0.3 is 29.9 Å². The van der Waals surface area contributed by atoms with Gasteiger partial charge in [0.05, 0.1) is 17.6 Å². The average Bonchev–Trinajstić information content (AvgIpc) is 4.00. The van der Waals surface area contributed by atoms with Gasteiger partial charge in [-0.1, -0.05) is 45.8 Å². The van der Waals surface area contributed by atoms with E-state index in [2.05, 4.69) is 20.3 Å². The Morgan fingerprint density at radius 3 is 2.53 bits per heavy atom. The van der Waals surface area contributed by atoms with E-state index in [-0.39, 0.29) is 61.2 Å². The fourth-order valence-corrected chi connectivity index (χ4v) is 10.4. The van der Waals surface area contributed by atoms with Crippen LogP contribution in [0, 0.1) is 29.0 Å². The smallest absolute Gasteiger partial charge is 0.407 e. The summed E-state index contributed by atoms with van der Waals surface area (Å²) in [6.45, 7) is 7.27. The summed E-state index contributed by atoms with van der Waals surface area (Å²) in [5, 5.41) is 6.68. The molecule has 2 saturated heterocycles. The number of esters is 1. The summed E-state index contributed by atoms with van der Waals surface area (Å²) in [5.74, 6) is -5.57. The van der Waals surface area contributed by atoms with Crippen molar-refractivity contribution < 1.29 is 51.0 Å². The predicted octanol–water partition coefficient (Wildman–Crippen LogP) is 3.92. The van der Waals surface area contributed by atoms with Crippen LogP contribution in [0.5, 0.6) is 5.75 Å². The van der Waals surface area contributed by atoms with Gasteiger partial charge in [0.2, 0.25) is 21.8 Å². The van der Waals surface area contributed by atoms with Crippen LogP contribution in [0.15, 0.2) is 35.7 Å². The first-order valence-corrected chi connectivity index (χ1v) is 22.8. The predicted molar refractivity (Wildman–Crippen MR) is 216 cm³/mol. The number of carbonyl (C=O) groups is 6. The van der Waals surface area contributed by atoms with Crippen LogP contribution in [0.3, 0.4) is 0 Å². The second kappa shape index (κ2) is 16.9.